The Morgan fingerprint density at radius 2 is 1.18 bits per heavy atom. The van der Waals surface area contributed by atoms with E-state index in [1.165, 1.54) is 0 Å². The number of hydrogen-bond donors (Lipinski definition) is 0. The van der Waals surface area contributed by atoms with Gasteiger partial charge in [0.15, 0.2) is 0 Å². The lowest BCUT2D eigenvalue weighted by atomic mass is 9.72. The van der Waals surface area contributed by atoms with Gasteiger partial charge in [0.25, 0.3) is 0 Å². The van der Waals surface area contributed by atoms with Crippen LogP contribution in [0.1, 0.15) is 41.5 Å². The van der Waals surface area contributed by atoms with E-state index in [1.807, 2.05) is 30.3 Å². The molecule has 0 fully saturated rings. The Hall–Kier alpha value is -0.980. The van der Waals surface area contributed by atoms with Gasteiger partial charge in [-0.3, -0.25) is 0 Å². The molecule has 0 saturated carbocycles. The van der Waals surface area contributed by atoms with Gasteiger partial charge in [0, 0.05) is 0 Å². The Morgan fingerprint density at radius 3 is 1.53 bits per heavy atom. The Labute approximate surface area is 106 Å². The highest BCUT2D eigenvalue weighted by Crippen LogP contribution is 2.38. The van der Waals surface area contributed by atoms with Gasteiger partial charge in [-0.05, 0) is 29.9 Å². The van der Waals surface area contributed by atoms with E-state index in [2.05, 4.69) is 41.5 Å². The van der Waals surface area contributed by atoms with E-state index in [1.54, 1.807) is 0 Å². The zero-order valence-electron chi connectivity index (χ0n) is 12.0. The second kappa shape index (κ2) is 5.57. The Bertz CT molecular complexity index is 303. The van der Waals surface area contributed by atoms with Gasteiger partial charge < -0.3 is 4.74 Å². The minimum Gasteiger partial charge on any atom is -0.486 e. The first-order valence-electron chi connectivity index (χ1n) is 6.65. The number of ether oxygens (including phenoxy) is 1. The quantitative estimate of drug-likeness (QED) is 0.713. The molecule has 0 unspecified atom stereocenters. The zero-order chi connectivity index (χ0) is 13.1. The van der Waals surface area contributed by atoms with Crippen LogP contribution in [0.3, 0.4) is 0 Å². The fraction of sp³-hybridized carbons (Fsp3) is 0.625. The molecule has 1 rings (SSSR count). The maximum absolute atomic E-state index is 6.39. The van der Waals surface area contributed by atoms with E-state index in [4.69, 9.17) is 4.74 Å². The SMILES string of the molecule is CC(C)C(Oc1ccccc1)(C(C)C)C(C)C. The molecule has 0 spiro atoms. The van der Waals surface area contributed by atoms with Crippen molar-refractivity contribution < 1.29 is 4.74 Å². The van der Waals surface area contributed by atoms with Crippen LogP contribution < -0.4 is 4.74 Å². The van der Waals surface area contributed by atoms with Crippen LogP contribution in [-0.4, -0.2) is 5.60 Å². The summed E-state index contributed by atoms with van der Waals surface area (Å²) in [5.41, 5.74) is -0.0959. The van der Waals surface area contributed by atoms with Gasteiger partial charge in [-0.2, -0.15) is 0 Å². The van der Waals surface area contributed by atoms with Gasteiger partial charge in [0.05, 0.1) is 0 Å². The lowest BCUT2D eigenvalue weighted by molar-refractivity contribution is -0.0607. The maximum atomic E-state index is 6.39. The molecule has 17 heavy (non-hydrogen) atoms. The van der Waals surface area contributed by atoms with Crippen LogP contribution in [0.2, 0.25) is 0 Å². The topological polar surface area (TPSA) is 9.23 Å². The summed E-state index contributed by atoms with van der Waals surface area (Å²) in [6.07, 6.45) is 0. The van der Waals surface area contributed by atoms with Crippen molar-refractivity contribution in [3.8, 4) is 5.75 Å². The number of para-hydroxylation sites is 1. The molecule has 1 aromatic carbocycles. The third-order valence-electron chi connectivity index (χ3n) is 3.74. The molecule has 1 aromatic rings. The van der Waals surface area contributed by atoms with Crippen molar-refractivity contribution in [1.29, 1.82) is 0 Å². The first-order chi connectivity index (χ1) is 7.91. The zero-order valence-corrected chi connectivity index (χ0v) is 12.0. The van der Waals surface area contributed by atoms with Crippen LogP contribution in [0.5, 0.6) is 5.75 Å². The maximum Gasteiger partial charge on any atom is 0.120 e. The first kappa shape index (κ1) is 14.1. The molecule has 0 atom stereocenters. The minimum atomic E-state index is -0.0959. The lowest BCUT2D eigenvalue weighted by Crippen LogP contribution is -2.51. The van der Waals surface area contributed by atoms with E-state index >= 15 is 0 Å². The molecule has 0 aliphatic carbocycles. The highest BCUT2D eigenvalue weighted by atomic mass is 16.5. The van der Waals surface area contributed by atoms with Gasteiger partial charge in [-0.25, -0.2) is 0 Å². The van der Waals surface area contributed by atoms with Crippen molar-refractivity contribution in [2.24, 2.45) is 17.8 Å². The van der Waals surface area contributed by atoms with Gasteiger partial charge in [-0.1, -0.05) is 59.7 Å². The summed E-state index contributed by atoms with van der Waals surface area (Å²) >= 11 is 0. The van der Waals surface area contributed by atoms with Crippen molar-refractivity contribution in [2.75, 3.05) is 0 Å². The molecule has 1 nitrogen and oxygen atoms in total. The highest BCUT2D eigenvalue weighted by molar-refractivity contribution is 5.22. The molecule has 0 bridgehead atoms. The predicted molar refractivity (Wildman–Crippen MR) is 74.3 cm³/mol. The summed E-state index contributed by atoms with van der Waals surface area (Å²) in [5.74, 6) is 2.44. The molecule has 0 radical (unpaired) electrons. The fourth-order valence-electron chi connectivity index (χ4n) is 3.05. The minimum absolute atomic E-state index is 0.0959. The van der Waals surface area contributed by atoms with Gasteiger partial charge >= 0.3 is 0 Å². The Balaban J connectivity index is 3.07. The van der Waals surface area contributed by atoms with Crippen LogP contribution in [0.15, 0.2) is 30.3 Å². The van der Waals surface area contributed by atoms with Crippen LogP contribution in [0.25, 0.3) is 0 Å². The molecule has 0 aliphatic rings. The number of rotatable bonds is 5. The Kier molecular flexibility index (Phi) is 4.62. The van der Waals surface area contributed by atoms with E-state index < -0.39 is 0 Å². The monoisotopic (exact) mass is 234 g/mol. The lowest BCUT2D eigenvalue weighted by Gasteiger charge is -2.45. The largest absolute Gasteiger partial charge is 0.486 e. The standard InChI is InChI=1S/C16H26O/c1-12(2)16(13(3)4,14(5)6)17-15-10-8-7-9-11-15/h7-14H,1-6H3. The van der Waals surface area contributed by atoms with Gasteiger partial charge in [-0.15, -0.1) is 0 Å². The fourth-order valence-corrected chi connectivity index (χ4v) is 3.05. The molecule has 96 valence electrons. The molecule has 0 heterocycles. The summed E-state index contributed by atoms with van der Waals surface area (Å²) in [6.45, 7) is 13.5. The van der Waals surface area contributed by atoms with E-state index in [0.29, 0.717) is 17.8 Å². The van der Waals surface area contributed by atoms with Crippen molar-refractivity contribution in [3.05, 3.63) is 30.3 Å². The number of hydrogen-bond acceptors (Lipinski definition) is 1. The molecule has 0 aromatic heterocycles. The van der Waals surface area contributed by atoms with Crippen molar-refractivity contribution in [2.45, 2.75) is 47.1 Å². The normalized spacial score (nSPS) is 12.5. The first-order valence-corrected chi connectivity index (χ1v) is 6.65. The molecule has 0 aliphatic heterocycles. The van der Waals surface area contributed by atoms with E-state index in [9.17, 15) is 0 Å². The third-order valence-corrected chi connectivity index (χ3v) is 3.74. The van der Waals surface area contributed by atoms with Crippen LogP contribution in [0, 0.1) is 17.8 Å². The number of benzene rings is 1. The molecule has 0 amide bonds. The van der Waals surface area contributed by atoms with E-state index in [-0.39, 0.29) is 5.60 Å². The second-order valence-electron chi connectivity index (χ2n) is 5.73. The summed E-state index contributed by atoms with van der Waals surface area (Å²) in [4.78, 5) is 0. The third kappa shape index (κ3) is 2.83. The van der Waals surface area contributed by atoms with Crippen molar-refractivity contribution >= 4 is 0 Å². The summed E-state index contributed by atoms with van der Waals surface area (Å²) < 4.78 is 6.39. The molecule has 0 N–H and O–H groups in total. The van der Waals surface area contributed by atoms with Crippen LogP contribution in [0.4, 0.5) is 0 Å². The van der Waals surface area contributed by atoms with Crippen molar-refractivity contribution in [3.63, 3.8) is 0 Å². The summed E-state index contributed by atoms with van der Waals surface area (Å²) in [5, 5.41) is 0. The van der Waals surface area contributed by atoms with Crippen LogP contribution >= 0.6 is 0 Å². The van der Waals surface area contributed by atoms with Gasteiger partial charge in [0.1, 0.15) is 11.4 Å². The van der Waals surface area contributed by atoms with E-state index in [0.717, 1.165) is 5.75 Å². The molecular weight excluding hydrogens is 208 g/mol. The summed E-state index contributed by atoms with van der Waals surface area (Å²) in [6, 6.07) is 10.2. The average Bonchev–Trinajstić information content (AvgIpc) is 2.25. The van der Waals surface area contributed by atoms with Crippen LogP contribution in [-0.2, 0) is 0 Å². The molecule has 1 heteroatoms. The summed E-state index contributed by atoms with van der Waals surface area (Å²) in [7, 11) is 0. The smallest absolute Gasteiger partial charge is 0.120 e. The van der Waals surface area contributed by atoms with Gasteiger partial charge in [0.2, 0.25) is 0 Å². The Morgan fingerprint density at radius 1 is 0.765 bits per heavy atom. The molecular formula is C16H26O. The highest BCUT2D eigenvalue weighted by Gasteiger charge is 2.42. The predicted octanol–water partition coefficient (Wildman–Crippen LogP) is 4.77. The average molecular weight is 234 g/mol. The molecule has 0 saturated heterocycles. The van der Waals surface area contributed by atoms with Crippen molar-refractivity contribution in [1.82, 2.24) is 0 Å². The second-order valence-corrected chi connectivity index (χ2v) is 5.73.